The number of halogens is 3. The molecule has 29 heavy (non-hydrogen) atoms. The van der Waals surface area contributed by atoms with Gasteiger partial charge in [0.15, 0.2) is 0 Å². The van der Waals surface area contributed by atoms with Gasteiger partial charge in [0.05, 0.1) is 15.2 Å². The van der Waals surface area contributed by atoms with Gasteiger partial charge >= 0.3 is 0 Å². The number of nitrogens with zero attached hydrogens (tertiary/aromatic N) is 1. The Balaban J connectivity index is 1.44. The smallest absolute Gasteiger partial charge is 0.129 e. The lowest BCUT2D eigenvalue weighted by Gasteiger charge is -2.29. The van der Waals surface area contributed by atoms with Gasteiger partial charge in [0, 0.05) is 12.0 Å². The van der Waals surface area contributed by atoms with Crippen molar-refractivity contribution in [3.05, 3.63) is 63.9 Å². The molecule has 1 heterocycles. The molecule has 1 saturated carbocycles. The van der Waals surface area contributed by atoms with Crippen LogP contribution in [0, 0.1) is 23.4 Å². The van der Waals surface area contributed by atoms with Crippen molar-refractivity contribution >= 4 is 21.6 Å². The topological polar surface area (TPSA) is 12.9 Å². The fraction of sp³-hybridized carbons (Fsp3) is 0.458. The highest BCUT2D eigenvalue weighted by Gasteiger charge is 2.24. The van der Waals surface area contributed by atoms with E-state index in [2.05, 4.69) is 11.9 Å². The maximum atomic E-state index is 14.7. The zero-order valence-electron chi connectivity index (χ0n) is 16.7. The molecule has 0 aliphatic heterocycles. The van der Waals surface area contributed by atoms with Crippen LogP contribution in [0.25, 0.3) is 10.2 Å². The molecule has 1 aliphatic rings. The molecule has 5 heteroatoms. The predicted molar refractivity (Wildman–Crippen MR) is 113 cm³/mol. The first-order chi connectivity index (χ1) is 14.0. The third-order valence-electron chi connectivity index (χ3n) is 6.16. The summed E-state index contributed by atoms with van der Waals surface area (Å²) in [7, 11) is 0. The van der Waals surface area contributed by atoms with Gasteiger partial charge in [0.2, 0.25) is 0 Å². The van der Waals surface area contributed by atoms with Crippen molar-refractivity contribution in [2.45, 2.75) is 64.2 Å². The largest absolute Gasteiger partial charge is 0.241 e. The number of aryl methyl sites for hydroxylation is 1. The van der Waals surface area contributed by atoms with Gasteiger partial charge < -0.3 is 0 Å². The predicted octanol–water partition coefficient (Wildman–Crippen LogP) is 7.57. The van der Waals surface area contributed by atoms with Crippen molar-refractivity contribution in [1.29, 1.82) is 0 Å². The number of hydrogen-bond donors (Lipinski definition) is 0. The van der Waals surface area contributed by atoms with Crippen molar-refractivity contribution < 1.29 is 13.2 Å². The maximum absolute atomic E-state index is 14.7. The molecule has 1 fully saturated rings. The minimum Gasteiger partial charge on any atom is -0.241 e. The molecular weight excluding hydrogens is 391 g/mol. The van der Waals surface area contributed by atoms with Crippen molar-refractivity contribution in [2.75, 3.05) is 0 Å². The van der Waals surface area contributed by atoms with Crippen molar-refractivity contribution in [1.82, 2.24) is 4.98 Å². The van der Waals surface area contributed by atoms with E-state index in [0.717, 1.165) is 52.4 Å². The number of benzene rings is 2. The van der Waals surface area contributed by atoms with Crippen LogP contribution < -0.4 is 0 Å². The minimum atomic E-state index is -0.456. The molecule has 1 nitrogen and oxygen atoms in total. The van der Waals surface area contributed by atoms with Crippen LogP contribution in [-0.4, -0.2) is 4.98 Å². The fourth-order valence-corrected chi connectivity index (χ4v) is 5.57. The van der Waals surface area contributed by atoms with E-state index < -0.39 is 11.6 Å². The highest BCUT2D eigenvalue weighted by Crippen LogP contribution is 2.38. The van der Waals surface area contributed by atoms with Crippen LogP contribution >= 0.6 is 11.3 Å². The molecular formula is C24H26F3NS. The molecule has 4 rings (SSSR count). The van der Waals surface area contributed by atoms with Crippen molar-refractivity contribution in [2.24, 2.45) is 5.92 Å². The normalized spacial score (nSPS) is 19.7. The Morgan fingerprint density at radius 3 is 2.38 bits per heavy atom. The van der Waals surface area contributed by atoms with Crippen molar-refractivity contribution in [3.8, 4) is 0 Å². The van der Waals surface area contributed by atoms with Crippen LogP contribution in [0.15, 0.2) is 30.3 Å². The second-order valence-electron chi connectivity index (χ2n) is 8.19. The summed E-state index contributed by atoms with van der Waals surface area (Å²) in [6.45, 7) is 2.21. The number of thiazole rings is 1. The van der Waals surface area contributed by atoms with E-state index in [4.69, 9.17) is 0 Å². The molecule has 2 aromatic carbocycles. The first-order valence-electron chi connectivity index (χ1n) is 10.6. The zero-order valence-corrected chi connectivity index (χ0v) is 17.5. The first kappa shape index (κ1) is 20.4. The Morgan fingerprint density at radius 2 is 1.69 bits per heavy atom. The number of aromatic nitrogens is 1. The molecule has 0 spiro atoms. The zero-order chi connectivity index (χ0) is 20.4. The van der Waals surface area contributed by atoms with Crippen molar-refractivity contribution in [3.63, 3.8) is 0 Å². The highest BCUT2D eigenvalue weighted by molar-refractivity contribution is 7.18. The summed E-state index contributed by atoms with van der Waals surface area (Å²) in [5.74, 6) is -0.178. The van der Waals surface area contributed by atoms with E-state index in [9.17, 15) is 13.2 Å². The van der Waals surface area contributed by atoms with E-state index in [1.54, 1.807) is 6.07 Å². The van der Waals surface area contributed by atoms with E-state index in [1.807, 2.05) is 0 Å². The Morgan fingerprint density at radius 1 is 0.966 bits per heavy atom. The average molecular weight is 418 g/mol. The average Bonchev–Trinajstić information content (AvgIpc) is 3.10. The number of hydrogen-bond acceptors (Lipinski definition) is 2. The molecule has 3 aromatic rings. The second-order valence-corrected chi connectivity index (χ2v) is 9.30. The SMILES string of the molecule is CCCC1CCC(c2cc(F)c(CCc3nc4ccc(F)cc4s3)c(F)c2)CC1. The number of rotatable bonds is 6. The molecule has 0 unspecified atom stereocenters. The van der Waals surface area contributed by atoms with E-state index in [-0.39, 0.29) is 23.7 Å². The number of fused-ring (bicyclic) bond motifs is 1. The van der Waals surface area contributed by atoms with Crippen LogP contribution in [-0.2, 0) is 12.8 Å². The Kier molecular flexibility index (Phi) is 6.23. The lowest BCUT2D eigenvalue weighted by atomic mass is 9.77. The van der Waals surface area contributed by atoms with E-state index in [0.29, 0.717) is 6.42 Å². The molecule has 0 saturated heterocycles. The fourth-order valence-electron chi connectivity index (χ4n) is 4.57. The highest BCUT2D eigenvalue weighted by atomic mass is 32.1. The third kappa shape index (κ3) is 4.66. The van der Waals surface area contributed by atoms with Crippen LogP contribution in [0.5, 0.6) is 0 Å². The molecule has 0 bridgehead atoms. The Bertz CT molecular complexity index is 966. The Labute approximate surface area is 174 Å². The lowest BCUT2D eigenvalue weighted by molar-refractivity contribution is 0.307. The summed E-state index contributed by atoms with van der Waals surface area (Å²) in [6, 6.07) is 7.53. The summed E-state index contributed by atoms with van der Waals surface area (Å²) in [5.41, 5.74) is 1.65. The first-order valence-corrected chi connectivity index (χ1v) is 11.4. The molecule has 0 radical (unpaired) electrons. The summed E-state index contributed by atoms with van der Waals surface area (Å²) in [6.07, 6.45) is 7.50. The molecule has 0 amide bonds. The third-order valence-corrected chi connectivity index (χ3v) is 7.24. The van der Waals surface area contributed by atoms with Gasteiger partial charge in [-0.3, -0.25) is 0 Å². The van der Waals surface area contributed by atoms with E-state index >= 15 is 0 Å². The monoisotopic (exact) mass is 417 g/mol. The van der Waals surface area contributed by atoms with Crippen LogP contribution in [0.4, 0.5) is 13.2 Å². The minimum absolute atomic E-state index is 0.124. The standard InChI is InChI=1S/C24H26F3NS/c1-2-3-15-4-6-16(7-5-15)17-12-20(26)19(21(27)13-17)9-11-24-28-22-10-8-18(25)14-23(22)29-24/h8,10,12-16H,2-7,9,11H2,1H3. The molecule has 1 aliphatic carbocycles. The summed E-state index contributed by atoms with van der Waals surface area (Å²) in [4.78, 5) is 4.45. The quantitative estimate of drug-likeness (QED) is 0.403. The molecule has 154 valence electrons. The molecule has 0 N–H and O–H groups in total. The Hall–Kier alpha value is -1.88. The van der Waals surface area contributed by atoms with Crippen LogP contribution in [0.2, 0.25) is 0 Å². The van der Waals surface area contributed by atoms with Gasteiger partial charge in [-0.2, -0.15) is 0 Å². The van der Waals surface area contributed by atoms with Gasteiger partial charge in [-0.1, -0.05) is 19.8 Å². The van der Waals surface area contributed by atoms with Gasteiger partial charge in [-0.05, 0) is 79.8 Å². The summed E-state index contributed by atoms with van der Waals surface area (Å²) < 4.78 is 43.5. The van der Waals surface area contributed by atoms with Gasteiger partial charge in [-0.15, -0.1) is 11.3 Å². The maximum Gasteiger partial charge on any atom is 0.129 e. The van der Waals surface area contributed by atoms with Gasteiger partial charge in [0.1, 0.15) is 17.5 Å². The van der Waals surface area contributed by atoms with Crippen LogP contribution in [0.3, 0.4) is 0 Å². The summed E-state index contributed by atoms with van der Waals surface area (Å²) in [5, 5.41) is 0.766. The molecule has 0 atom stereocenters. The van der Waals surface area contributed by atoms with E-state index in [1.165, 1.54) is 48.4 Å². The molecule has 1 aromatic heterocycles. The lowest BCUT2D eigenvalue weighted by Crippen LogP contribution is -2.14. The van der Waals surface area contributed by atoms with Crippen LogP contribution in [0.1, 0.15) is 67.5 Å². The second kappa shape index (κ2) is 8.86. The van der Waals surface area contributed by atoms with Gasteiger partial charge in [0.25, 0.3) is 0 Å². The van der Waals surface area contributed by atoms with Gasteiger partial charge in [-0.25, -0.2) is 18.2 Å². The summed E-state index contributed by atoms with van der Waals surface area (Å²) >= 11 is 1.38.